The van der Waals surface area contributed by atoms with E-state index >= 15 is 0 Å². The second-order valence-corrected chi connectivity index (χ2v) is 6.27. The van der Waals surface area contributed by atoms with Crippen molar-refractivity contribution in [2.24, 2.45) is 0 Å². The van der Waals surface area contributed by atoms with Gasteiger partial charge in [-0.25, -0.2) is 4.79 Å². The number of pyridine rings is 1. The molecule has 0 spiro atoms. The molecule has 1 atom stereocenters. The Morgan fingerprint density at radius 3 is 2.77 bits per heavy atom. The number of rotatable bonds is 5. The second kappa shape index (κ2) is 7.58. The van der Waals surface area contributed by atoms with Crippen LogP contribution < -0.4 is 15.7 Å². The minimum atomic E-state index is -0.775. The lowest BCUT2D eigenvalue weighted by molar-refractivity contribution is -0.127. The van der Waals surface area contributed by atoms with E-state index in [0.29, 0.717) is 17.2 Å². The summed E-state index contributed by atoms with van der Waals surface area (Å²) in [6.45, 7) is 3.79. The molecule has 6 nitrogen and oxygen atoms in total. The van der Waals surface area contributed by atoms with Crippen LogP contribution in [0.1, 0.15) is 18.1 Å². The summed E-state index contributed by atoms with van der Waals surface area (Å²) in [6.07, 6.45) is 2.54. The van der Waals surface area contributed by atoms with E-state index in [-0.39, 0.29) is 11.7 Å². The lowest BCUT2D eigenvalue weighted by Gasteiger charge is -2.16. The number of halogens is 1. The number of hydrogen-bond acceptors (Lipinski definition) is 5. The predicted octanol–water partition coefficient (Wildman–Crippen LogP) is 3.23. The number of benzene rings is 1. The number of nitrogens with one attached hydrogen (secondary N) is 1. The van der Waals surface area contributed by atoms with Crippen LogP contribution in [0.25, 0.3) is 11.0 Å². The number of ether oxygens (including phenoxy) is 1. The number of aryl methyl sites for hydroxylation is 1. The molecule has 3 rings (SSSR count). The number of aromatic nitrogens is 1. The average molecular weight is 373 g/mol. The minimum Gasteiger partial charge on any atom is -0.479 e. The number of hydrogen-bond donors (Lipinski definition) is 1. The van der Waals surface area contributed by atoms with Gasteiger partial charge in [-0.1, -0.05) is 11.6 Å². The van der Waals surface area contributed by atoms with E-state index in [4.69, 9.17) is 20.8 Å². The van der Waals surface area contributed by atoms with Crippen LogP contribution in [0, 0.1) is 6.92 Å². The van der Waals surface area contributed by atoms with Gasteiger partial charge < -0.3 is 14.5 Å². The lowest BCUT2D eigenvalue weighted by Crippen LogP contribution is -2.35. The van der Waals surface area contributed by atoms with Crippen LogP contribution in [0.2, 0.25) is 5.02 Å². The number of carbonyl (C=O) groups is 1. The van der Waals surface area contributed by atoms with Gasteiger partial charge in [0.1, 0.15) is 11.3 Å². The molecule has 2 heterocycles. The molecule has 2 aromatic heterocycles. The average Bonchev–Trinajstić information content (AvgIpc) is 2.62. The lowest BCUT2D eigenvalue weighted by atomic mass is 10.1. The van der Waals surface area contributed by atoms with E-state index in [0.717, 1.165) is 16.5 Å². The van der Waals surface area contributed by atoms with Gasteiger partial charge >= 0.3 is 5.63 Å². The first kappa shape index (κ1) is 17.9. The summed E-state index contributed by atoms with van der Waals surface area (Å²) < 4.78 is 10.8. The summed E-state index contributed by atoms with van der Waals surface area (Å²) >= 11 is 6.25. The highest BCUT2D eigenvalue weighted by Gasteiger charge is 2.17. The first-order valence-corrected chi connectivity index (χ1v) is 8.39. The Labute approximate surface area is 154 Å². The van der Waals surface area contributed by atoms with Gasteiger partial charge in [0.15, 0.2) is 6.10 Å². The summed E-state index contributed by atoms with van der Waals surface area (Å²) in [5.74, 6) is -0.0110. The molecule has 1 amide bonds. The molecule has 0 aliphatic heterocycles. The minimum absolute atomic E-state index is 0.277. The number of fused-ring (bicyclic) bond motifs is 1. The molecule has 0 unspecified atom stereocenters. The fourth-order valence-electron chi connectivity index (χ4n) is 2.49. The maximum Gasteiger partial charge on any atom is 0.336 e. The quantitative estimate of drug-likeness (QED) is 0.695. The Balaban J connectivity index is 1.74. The Bertz CT molecular complexity index is 1000. The molecular weight excluding hydrogens is 356 g/mol. The van der Waals surface area contributed by atoms with Crippen LogP contribution in [0.5, 0.6) is 5.75 Å². The third-order valence-corrected chi connectivity index (χ3v) is 4.19. The van der Waals surface area contributed by atoms with Crippen molar-refractivity contribution in [3.63, 3.8) is 0 Å². The molecule has 0 radical (unpaired) electrons. The highest BCUT2D eigenvalue weighted by atomic mass is 35.5. The van der Waals surface area contributed by atoms with Crippen molar-refractivity contribution in [1.29, 1.82) is 0 Å². The zero-order valence-electron chi connectivity index (χ0n) is 14.3. The molecule has 134 valence electrons. The van der Waals surface area contributed by atoms with Gasteiger partial charge in [0.2, 0.25) is 0 Å². The molecule has 7 heteroatoms. The zero-order chi connectivity index (χ0) is 18.7. The maximum absolute atomic E-state index is 12.2. The SMILES string of the molecule is Cc1cc(=O)oc2cc(O[C@H](C)C(=O)NCc3ccncc3)c(Cl)cc12. The Kier molecular flexibility index (Phi) is 5.23. The van der Waals surface area contributed by atoms with Crippen LogP contribution in [0.3, 0.4) is 0 Å². The van der Waals surface area contributed by atoms with Gasteiger partial charge in [-0.3, -0.25) is 9.78 Å². The van der Waals surface area contributed by atoms with E-state index in [9.17, 15) is 9.59 Å². The van der Waals surface area contributed by atoms with Crippen molar-refractivity contribution < 1.29 is 13.9 Å². The highest BCUT2D eigenvalue weighted by Crippen LogP contribution is 2.31. The van der Waals surface area contributed by atoms with Crippen LogP contribution in [-0.4, -0.2) is 17.0 Å². The summed E-state index contributed by atoms with van der Waals surface area (Å²) in [7, 11) is 0. The Morgan fingerprint density at radius 2 is 2.04 bits per heavy atom. The van der Waals surface area contributed by atoms with Crippen molar-refractivity contribution in [2.45, 2.75) is 26.5 Å². The molecule has 1 aromatic carbocycles. The van der Waals surface area contributed by atoms with E-state index in [1.807, 2.05) is 12.1 Å². The van der Waals surface area contributed by atoms with Crippen LogP contribution in [-0.2, 0) is 11.3 Å². The van der Waals surface area contributed by atoms with E-state index in [2.05, 4.69) is 10.3 Å². The van der Waals surface area contributed by atoms with Gasteiger partial charge in [-0.05, 0) is 43.2 Å². The first-order valence-electron chi connectivity index (χ1n) is 8.01. The van der Waals surface area contributed by atoms with Gasteiger partial charge in [0, 0.05) is 36.5 Å². The smallest absolute Gasteiger partial charge is 0.336 e. The van der Waals surface area contributed by atoms with Crippen LogP contribution in [0.4, 0.5) is 0 Å². The molecule has 0 saturated heterocycles. The summed E-state index contributed by atoms with van der Waals surface area (Å²) in [5, 5.41) is 3.84. The third kappa shape index (κ3) is 4.03. The van der Waals surface area contributed by atoms with Crippen LogP contribution in [0.15, 0.2) is 51.9 Å². The molecule has 0 fully saturated rings. The van der Waals surface area contributed by atoms with Gasteiger partial charge in [0.25, 0.3) is 5.91 Å². The van der Waals surface area contributed by atoms with E-state index in [1.165, 1.54) is 12.1 Å². The molecule has 0 aliphatic rings. The third-order valence-electron chi connectivity index (χ3n) is 3.89. The molecule has 0 bridgehead atoms. The highest BCUT2D eigenvalue weighted by molar-refractivity contribution is 6.32. The fourth-order valence-corrected chi connectivity index (χ4v) is 2.70. The van der Waals surface area contributed by atoms with Crippen LogP contribution >= 0.6 is 11.6 Å². The van der Waals surface area contributed by atoms with Crippen molar-refractivity contribution in [2.75, 3.05) is 0 Å². The van der Waals surface area contributed by atoms with Gasteiger partial charge in [-0.15, -0.1) is 0 Å². The molecule has 3 aromatic rings. The number of carbonyl (C=O) groups excluding carboxylic acids is 1. The molecular formula is C19H17ClN2O4. The number of amides is 1. The topological polar surface area (TPSA) is 81.4 Å². The first-order chi connectivity index (χ1) is 12.4. The summed E-state index contributed by atoms with van der Waals surface area (Å²) in [5.41, 5.74) is 1.60. The molecule has 1 N–H and O–H groups in total. The van der Waals surface area contributed by atoms with Gasteiger partial charge in [0.05, 0.1) is 5.02 Å². The zero-order valence-corrected chi connectivity index (χ0v) is 15.0. The van der Waals surface area contributed by atoms with Crippen molar-refractivity contribution in [3.8, 4) is 5.75 Å². The summed E-state index contributed by atoms with van der Waals surface area (Å²) in [4.78, 5) is 27.7. The fraction of sp³-hybridized carbons (Fsp3) is 0.211. The maximum atomic E-state index is 12.2. The van der Waals surface area contributed by atoms with Crippen molar-refractivity contribution >= 4 is 28.5 Å². The molecule has 0 aliphatic carbocycles. The Hall–Kier alpha value is -2.86. The van der Waals surface area contributed by atoms with Crippen molar-refractivity contribution in [3.05, 3.63) is 69.3 Å². The normalized spacial score (nSPS) is 12.0. The molecule has 0 saturated carbocycles. The van der Waals surface area contributed by atoms with Gasteiger partial charge in [-0.2, -0.15) is 0 Å². The van der Waals surface area contributed by atoms with E-state index in [1.54, 1.807) is 32.3 Å². The summed E-state index contributed by atoms with van der Waals surface area (Å²) in [6, 6.07) is 8.21. The largest absolute Gasteiger partial charge is 0.479 e. The number of nitrogens with zero attached hydrogens (tertiary/aromatic N) is 1. The standard InChI is InChI=1S/C19H17ClN2O4/c1-11-7-18(23)26-16-9-17(15(20)8-14(11)16)25-12(2)19(24)22-10-13-3-5-21-6-4-13/h3-9,12H,10H2,1-2H3,(H,22,24)/t12-/m1/s1. The van der Waals surface area contributed by atoms with Crippen molar-refractivity contribution in [1.82, 2.24) is 10.3 Å². The predicted molar refractivity (Wildman–Crippen MR) is 98.4 cm³/mol. The Morgan fingerprint density at radius 1 is 1.31 bits per heavy atom. The monoisotopic (exact) mass is 372 g/mol. The molecule has 26 heavy (non-hydrogen) atoms. The van der Waals surface area contributed by atoms with E-state index < -0.39 is 11.7 Å². The second-order valence-electron chi connectivity index (χ2n) is 5.86.